The first-order chi connectivity index (χ1) is 7.95. The molecule has 4 nitrogen and oxygen atoms in total. The molecule has 0 spiro atoms. The molecule has 0 fully saturated rings. The molecule has 0 rings (SSSR count). The number of hydrogen-bond donors (Lipinski definition) is 2. The third-order valence-corrected chi connectivity index (χ3v) is 5.27. The van der Waals surface area contributed by atoms with Crippen molar-refractivity contribution in [1.82, 2.24) is 0 Å². The van der Waals surface area contributed by atoms with Crippen molar-refractivity contribution < 1.29 is 19.3 Å². The van der Waals surface area contributed by atoms with E-state index in [0.29, 0.717) is 12.4 Å². The van der Waals surface area contributed by atoms with Gasteiger partial charge in [0.2, 0.25) is 5.69 Å². The average molecular weight is 298 g/mol. The van der Waals surface area contributed by atoms with Crippen LogP contribution in [-0.4, -0.2) is 28.1 Å². The molecular weight excluding hydrogens is 279 g/mol. The molecule has 17 heavy (non-hydrogen) atoms. The van der Waals surface area contributed by atoms with E-state index < -0.39 is 5.69 Å². The lowest BCUT2D eigenvalue weighted by Gasteiger charge is -2.06. The van der Waals surface area contributed by atoms with Gasteiger partial charge in [-0.1, -0.05) is 37.2 Å². The summed E-state index contributed by atoms with van der Waals surface area (Å²) in [5.41, 5.74) is -3.06. The standard InChI is InChI=1S/C10H19O4PS2/c1-2-10(11)14-8-6-4-3-5-7-9-17-15(12,13)16/h2H,1,3-9H2,(H2,12,13,16). The van der Waals surface area contributed by atoms with Gasteiger partial charge in [0.1, 0.15) is 0 Å². The summed E-state index contributed by atoms with van der Waals surface area (Å²) in [6, 6.07) is 0. The summed E-state index contributed by atoms with van der Waals surface area (Å²) in [6.07, 6.45) is 6.01. The topological polar surface area (TPSA) is 66.8 Å². The van der Waals surface area contributed by atoms with Crippen LogP contribution in [0.2, 0.25) is 0 Å². The molecule has 0 saturated heterocycles. The van der Waals surface area contributed by atoms with Crippen LogP contribution in [0, 0.1) is 0 Å². The second-order valence-corrected chi connectivity index (χ2v) is 9.63. The third kappa shape index (κ3) is 14.1. The summed E-state index contributed by atoms with van der Waals surface area (Å²) in [6.45, 7) is 3.74. The van der Waals surface area contributed by atoms with Crippen LogP contribution in [0.25, 0.3) is 0 Å². The maximum Gasteiger partial charge on any atom is 0.330 e. The van der Waals surface area contributed by atoms with Gasteiger partial charge in [0.25, 0.3) is 0 Å². The first-order valence-electron chi connectivity index (χ1n) is 5.45. The Kier molecular flexibility index (Phi) is 10.2. The van der Waals surface area contributed by atoms with Crippen molar-refractivity contribution >= 4 is 34.9 Å². The fourth-order valence-corrected chi connectivity index (χ4v) is 3.49. The zero-order valence-corrected chi connectivity index (χ0v) is 12.2. The van der Waals surface area contributed by atoms with Crippen LogP contribution in [0.5, 0.6) is 0 Å². The summed E-state index contributed by atoms with van der Waals surface area (Å²) in [5, 5.41) is 0. The Morgan fingerprint density at radius 3 is 2.47 bits per heavy atom. The Labute approximate surface area is 111 Å². The van der Waals surface area contributed by atoms with Gasteiger partial charge >= 0.3 is 5.97 Å². The predicted octanol–water partition coefficient (Wildman–Crippen LogP) is 2.61. The van der Waals surface area contributed by atoms with Crippen molar-refractivity contribution in [3.63, 3.8) is 0 Å². The van der Waals surface area contributed by atoms with Gasteiger partial charge in [0.15, 0.2) is 0 Å². The molecule has 0 aromatic heterocycles. The quantitative estimate of drug-likeness (QED) is 0.280. The SMILES string of the molecule is C=CC(=O)OCCCCCCCSP(O)(O)=S. The van der Waals surface area contributed by atoms with Crippen LogP contribution in [-0.2, 0) is 21.3 Å². The van der Waals surface area contributed by atoms with Crippen molar-refractivity contribution in [2.75, 3.05) is 12.4 Å². The van der Waals surface area contributed by atoms with Gasteiger partial charge in [-0.15, -0.1) is 0 Å². The van der Waals surface area contributed by atoms with Crippen LogP contribution in [0.4, 0.5) is 0 Å². The molecule has 0 aromatic rings. The van der Waals surface area contributed by atoms with E-state index in [9.17, 15) is 4.79 Å². The third-order valence-electron chi connectivity index (χ3n) is 1.96. The number of rotatable bonds is 10. The first-order valence-corrected chi connectivity index (χ1v) is 9.75. The molecular formula is C10H19O4PS2. The van der Waals surface area contributed by atoms with Gasteiger partial charge in [-0.3, -0.25) is 0 Å². The van der Waals surface area contributed by atoms with Crippen molar-refractivity contribution in [3.05, 3.63) is 12.7 Å². The normalized spacial score (nSPS) is 11.2. The number of unbranched alkanes of at least 4 members (excludes halogenated alkanes) is 4. The van der Waals surface area contributed by atoms with Gasteiger partial charge in [-0.05, 0) is 24.6 Å². The van der Waals surface area contributed by atoms with Crippen LogP contribution >= 0.6 is 17.1 Å². The van der Waals surface area contributed by atoms with E-state index in [1.54, 1.807) is 0 Å². The number of hydrogen-bond acceptors (Lipinski definition) is 4. The summed E-state index contributed by atoms with van der Waals surface area (Å²) < 4.78 is 4.83. The van der Waals surface area contributed by atoms with Crippen LogP contribution in [0.15, 0.2) is 12.7 Å². The van der Waals surface area contributed by atoms with E-state index in [2.05, 4.69) is 18.4 Å². The van der Waals surface area contributed by atoms with Gasteiger partial charge in [0.05, 0.1) is 6.61 Å². The molecule has 2 N–H and O–H groups in total. The molecule has 0 heterocycles. The highest BCUT2D eigenvalue weighted by atomic mass is 32.9. The van der Waals surface area contributed by atoms with E-state index in [4.69, 9.17) is 14.5 Å². The Balaban J connectivity index is 3.17. The second-order valence-electron chi connectivity index (χ2n) is 3.46. The Morgan fingerprint density at radius 2 is 1.88 bits per heavy atom. The molecule has 0 radical (unpaired) electrons. The summed E-state index contributed by atoms with van der Waals surface area (Å²) in [4.78, 5) is 28.6. The van der Waals surface area contributed by atoms with Gasteiger partial charge in [-0.2, -0.15) is 0 Å². The summed E-state index contributed by atoms with van der Waals surface area (Å²) in [5.74, 6) is 0.313. The number of carbonyl (C=O) groups is 1. The van der Waals surface area contributed by atoms with Crippen molar-refractivity contribution in [2.45, 2.75) is 32.1 Å². The van der Waals surface area contributed by atoms with E-state index in [1.807, 2.05) is 0 Å². The molecule has 0 saturated carbocycles. The number of esters is 1. The molecule has 0 aliphatic carbocycles. The van der Waals surface area contributed by atoms with E-state index in [0.717, 1.165) is 49.6 Å². The largest absolute Gasteiger partial charge is 0.463 e. The minimum Gasteiger partial charge on any atom is -0.463 e. The predicted molar refractivity (Wildman–Crippen MR) is 75.4 cm³/mol. The van der Waals surface area contributed by atoms with Gasteiger partial charge in [-0.25, -0.2) is 4.79 Å². The number of ether oxygens (including phenoxy) is 1. The highest BCUT2D eigenvalue weighted by Crippen LogP contribution is 2.50. The highest BCUT2D eigenvalue weighted by molar-refractivity contribution is 8.67. The molecule has 0 unspecified atom stereocenters. The lowest BCUT2D eigenvalue weighted by molar-refractivity contribution is -0.137. The number of carbonyl (C=O) groups excluding carboxylic acids is 1. The highest BCUT2D eigenvalue weighted by Gasteiger charge is 2.06. The lowest BCUT2D eigenvalue weighted by atomic mass is 10.2. The van der Waals surface area contributed by atoms with Crippen LogP contribution < -0.4 is 0 Å². The fourth-order valence-electron chi connectivity index (χ4n) is 1.15. The zero-order valence-electron chi connectivity index (χ0n) is 9.71. The molecule has 0 aliphatic heterocycles. The Morgan fingerprint density at radius 1 is 1.29 bits per heavy atom. The molecule has 0 atom stereocenters. The Hall–Kier alpha value is 0.130. The minimum absolute atomic E-state index is 0.377. The molecule has 0 aliphatic rings. The van der Waals surface area contributed by atoms with Crippen molar-refractivity contribution in [1.29, 1.82) is 0 Å². The van der Waals surface area contributed by atoms with Gasteiger partial charge < -0.3 is 14.5 Å². The molecule has 100 valence electrons. The summed E-state index contributed by atoms with van der Waals surface area (Å²) in [7, 11) is 0. The molecule has 0 aromatic carbocycles. The van der Waals surface area contributed by atoms with Gasteiger partial charge in [0, 0.05) is 11.8 Å². The van der Waals surface area contributed by atoms with E-state index in [1.165, 1.54) is 0 Å². The zero-order chi connectivity index (χ0) is 13.1. The molecule has 0 bridgehead atoms. The van der Waals surface area contributed by atoms with Crippen molar-refractivity contribution in [3.8, 4) is 0 Å². The molecule has 7 heteroatoms. The van der Waals surface area contributed by atoms with E-state index >= 15 is 0 Å². The minimum atomic E-state index is -3.06. The average Bonchev–Trinajstić information content (AvgIpc) is 2.25. The Bertz CT molecular complexity index is 277. The van der Waals surface area contributed by atoms with Crippen LogP contribution in [0.3, 0.4) is 0 Å². The smallest absolute Gasteiger partial charge is 0.330 e. The van der Waals surface area contributed by atoms with Crippen molar-refractivity contribution in [2.24, 2.45) is 0 Å². The van der Waals surface area contributed by atoms with E-state index in [-0.39, 0.29) is 5.97 Å². The lowest BCUT2D eigenvalue weighted by Crippen LogP contribution is -2.01. The summed E-state index contributed by atoms with van der Waals surface area (Å²) >= 11 is 5.55. The maximum absolute atomic E-state index is 10.7. The first kappa shape index (κ1) is 17.1. The van der Waals surface area contributed by atoms with Crippen LogP contribution in [0.1, 0.15) is 32.1 Å². The maximum atomic E-state index is 10.7. The monoisotopic (exact) mass is 298 g/mol. The molecule has 0 amide bonds. The second kappa shape index (κ2) is 10.1. The fraction of sp³-hybridized carbons (Fsp3) is 0.700.